The summed E-state index contributed by atoms with van der Waals surface area (Å²) < 4.78 is 352. The molecule has 0 aromatic heterocycles. The molecular formula is C36AlF28-. The lowest BCUT2D eigenvalue weighted by atomic mass is 9.98. The molecule has 344 valence electrons. The van der Waals surface area contributed by atoms with Gasteiger partial charge < -0.3 is 4.70 Å². The second kappa shape index (κ2) is 20.5. The van der Waals surface area contributed by atoms with Crippen molar-refractivity contribution in [2.45, 2.75) is 0 Å². The van der Waals surface area contributed by atoms with E-state index in [1.54, 1.807) is 0 Å². The highest BCUT2D eigenvalue weighted by Gasteiger charge is 2.39. The Kier molecular flexibility index (Phi) is 17.4. The van der Waals surface area contributed by atoms with Crippen LogP contribution in [-0.2, 0) is 0 Å². The zero-order valence-electron chi connectivity index (χ0n) is 29.2. The summed E-state index contributed by atoms with van der Waals surface area (Å²) >= 11 is 0. The van der Waals surface area contributed by atoms with E-state index in [9.17, 15) is 119 Å². The molecule has 0 fully saturated rings. The van der Waals surface area contributed by atoms with Gasteiger partial charge in [0, 0.05) is 17.4 Å². The van der Waals surface area contributed by atoms with Crippen LogP contribution in [0.5, 0.6) is 0 Å². The zero-order valence-corrected chi connectivity index (χ0v) is 30.3. The maximum absolute atomic E-state index is 13.4. The second-order valence-electron chi connectivity index (χ2n) is 11.1. The Morgan fingerprint density at radius 3 is 0.492 bits per heavy atom. The summed E-state index contributed by atoms with van der Waals surface area (Å²) in [6, 6.07) is 0. The van der Waals surface area contributed by atoms with Gasteiger partial charge in [-0.3, -0.25) is 0 Å². The van der Waals surface area contributed by atoms with Crippen LogP contribution in [0.1, 0.15) is 16.7 Å². The minimum Gasteiger partial charge on any atom is -1.00 e. The summed E-state index contributed by atoms with van der Waals surface area (Å²) in [7, 11) is 0. The third-order valence-corrected chi connectivity index (χ3v) is 7.48. The smallest absolute Gasteiger partial charge is 0.270 e. The molecule has 3 aromatic rings. The van der Waals surface area contributed by atoms with Gasteiger partial charge in [0.25, 0.3) is 18.5 Å². The van der Waals surface area contributed by atoms with Crippen molar-refractivity contribution < 1.29 is 123 Å². The van der Waals surface area contributed by atoms with E-state index in [1.165, 1.54) is 0 Å². The topological polar surface area (TPSA) is 0 Å². The van der Waals surface area contributed by atoms with Crippen molar-refractivity contribution in [2.24, 2.45) is 0 Å². The highest BCUT2D eigenvalue weighted by Crippen LogP contribution is 2.45. The van der Waals surface area contributed by atoms with Crippen molar-refractivity contribution in [3.63, 3.8) is 0 Å². The predicted octanol–water partition coefficient (Wildman–Crippen LogP) is 11.3. The molecule has 0 nitrogen and oxygen atoms in total. The van der Waals surface area contributed by atoms with Crippen molar-refractivity contribution >= 4 is 34.1 Å². The standard InChI is InChI=1S/3C12F9.Al.FH/c3*13-3-1-2(5(14)9(18)6(3)15)4-7(16)10(19)12(21)11(20)8(4)17;;/h;;;;1H/p-1. The van der Waals surface area contributed by atoms with E-state index in [-0.39, 0.29) is 22.1 Å². The Morgan fingerprint density at radius 2 is 0.338 bits per heavy atom. The molecule has 3 aliphatic carbocycles. The van der Waals surface area contributed by atoms with Gasteiger partial charge in [0.05, 0.1) is 33.4 Å². The number of halogens is 28. The Balaban J connectivity index is 0.000000330. The largest absolute Gasteiger partial charge is 1.00 e. The van der Waals surface area contributed by atoms with E-state index in [0.717, 1.165) is 17.2 Å². The molecule has 0 saturated carbocycles. The summed E-state index contributed by atoms with van der Waals surface area (Å²) in [5.41, 5.74) is -7.97. The third-order valence-electron chi connectivity index (χ3n) is 7.48. The number of hydrogen-bond donors (Lipinski definition) is 0. The SMILES string of the molecule is F[C]1C(F)=C=C(c2c(F)c(F)c(F)c(F)c2F)C(F)=C1F.F[C]1C(F)=C=C(c2c(F)c(F)c(F)c(F)c2F)C(F)=C1F.F[C]1C(F)=C=C(c2c(F)c(F)c(F)c(F)c2F)C(F)=C1F.[Al].[F-]. The van der Waals surface area contributed by atoms with Crippen LogP contribution in [0, 0.1) is 106 Å². The molecular weight excluding hydrogens is 991 g/mol. The lowest BCUT2D eigenvalue weighted by molar-refractivity contribution is -0.0000259. The number of allylic oxidation sites excluding steroid dienone is 9. The van der Waals surface area contributed by atoms with E-state index < -0.39 is 192 Å². The van der Waals surface area contributed by atoms with Crippen LogP contribution < -0.4 is 4.70 Å². The average Bonchev–Trinajstić information content (AvgIpc) is 3.25. The van der Waals surface area contributed by atoms with Gasteiger partial charge in [-0.15, -0.1) is 0 Å². The van der Waals surface area contributed by atoms with Crippen molar-refractivity contribution in [2.75, 3.05) is 0 Å². The van der Waals surface area contributed by atoms with Crippen LogP contribution in [0.4, 0.5) is 119 Å². The van der Waals surface area contributed by atoms with Crippen LogP contribution in [0.25, 0.3) is 16.7 Å². The summed E-state index contributed by atoms with van der Waals surface area (Å²) in [4.78, 5) is 0. The first-order valence-corrected chi connectivity index (χ1v) is 14.9. The van der Waals surface area contributed by atoms with E-state index in [1.807, 2.05) is 0 Å². The van der Waals surface area contributed by atoms with Gasteiger partial charge in [-0.2, -0.15) is 13.2 Å². The molecule has 0 N–H and O–H groups in total. The third kappa shape index (κ3) is 9.56. The van der Waals surface area contributed by atoms with Crippen molar-refractivity contribution in [3.8, 4) is 0 Å². The summed E-state index contributed by atoms with van der Waals surface area (Å²) in [5.74, 6) is -58.6. The van der Waals surface area contributed by atoms with Crippen molar-refractivity contribution in [3.05, 3.63) is 192 Å². The van der Waals surface area contributed by atoms with Crippen LogP contribution in [0.2, 0.25) is 0 Å². The monoisotopic (exact) mass is 991 g/mol. The molecule has 0 heterocycles. The molecule has 6 rings (SSSR count). The summed E-state index contributed by atoms with van der Waals surface area (Å²) in [6.45, 7) is 0. The lowest BCUT2D eigenvalue weighted by Gasteiger charge is -2.13. The van der Waals surface area contributed by atoms with E-state index in [0.29, 0.717) is 0 Å². The quantitative estimate of drug-likeness (QED) is 0.0807. The van der Waals surface area contributed by atoms with Crippen LogP contribution >= 0.6 is 0 Å². The highest BCUT2D eigenvalue weighted by atomic mass is 27.0. The molecule has 0 aliphatic heterocycles. The Hall–Kier alpha value is -5.99. The van der Waals surface area contributed by atoms with Crippen molar-refractivity contribution in [1.29, 1.82) is 0 Å². The number of hydrogen-bond acceptors (Lipinski definition) is 0. The fourth-order valence-corrected chi connectivity index (χ4v) is 4.56. The second-order valence-corrected chi connectivity index (χ2v) is 11.1. The van der Waals surface area contributed by atoms with Crippen LogP contribution in [0.15, 0.2) is 69.6 Å². The van der Waals surface area contributed by atoms with Crippen LogP contribution in [0.3, 0.4) is 0 Å². The minimum atomic E-state index is -2.54. The maximum Gasteiger partial charge on any atom is 0.270 e. The molecule has 0 unspecified atom stereocenters. The fraction of sp³-hybridized carbons (Fsp3) is 0. The van der Waals surface area contributed by atoms with Gasteiger partial charge in [-0.05, 0) is 0 Å². The summed E-state index contributed by atoms with van der Waals surface area (Å²) in [6.07, 6.45) is -7.04. The Morgan fingerprint density at radius 1 is 0.200 bits per heavy atom. The molecule has 3 aromatic carbocycles. The normalized spacial score (nSPS) is 15.7. The number of benzene rings is 3. The Labute approximate surface area is 349 Å². The predicted molar refractivity (Wildman–Crippen MR) is 160 cm³/mol. The van der Waals surface area contributed by atoms with E-state index in [4.69, 9.17) is 0 Å². The van der Waals surface area contributed by atoms with E-state index in [2.05, 4.69) is 0 Å². The molecule has 65 heavy (non-hydrogen) atoms. The van der Waals surface area contributed by atoms with Gasteiger partial charge in [-0.1, -0.05) is 17.2 Å². The molecule has 3 aliphatic rings. The maximum atomic E-state index is 13.4. The molecule has 29 heteroatoms. The van der Waals surface area contributed by atoms with Crippen LogP contribution in [-0.4, -0.2) is 17.4 Å². The molecule has 0 bridgehead atoms. The zero-order chi connectivity index (χ0) is 48.2. The van der Waals surface area contributed by atoms with Gasteiger partial charge in [0.15, 0.2) is 122 Å². The average molecular weight is 991 g/mol. The minimum absolute atomic E-state index is 0. The Bertz CT molecular complexity index is 2440. The first-order chi connectivity index (χ1) is 29.0. The molecule has 0 spiro atoms. The first kappa shape index (κ1) is 55.1. The van der Waals surface area contributed by atoms with Gasteiger partial charge in [-0.25, -0.2) is 105 Å². The fourth-order valence-electron chi connectivity index (χ4n) is 4.56. The van der Waals surface area contributed by atoms with Gasteiger partial charge >= 0.3 is 0 Å². The van der Waals surface area contributed by atoms with Crippen molar-refractivity contribution in [1.82, 2.24) is 0 Å². The molecule has 6 radical (unpaired) electrons. The lowest BCUT2D eigenvalue weighted by Crippen LogP contribution is -3.00. The molecule has 0 saturated heterocycles. The van der Waals surface area contributed by atoms with Gasteiger partial charge in [0.1, 0.15) is 0 Å². The van der Waals surface area contributed by atoms with Gasteiger partial charge in [0.2, 0.25) is 17.5 Å². The summed E-state index contributed by atoms with van der Waals surface area (Å²) in [5, 5.41) is 0. The highest BCUT2D eigenvalue weighted by molar-refractivity contribution is 5.82. The molecule has 0 amide bonds. The first-order valence-electron chi connectivity index (χ1n) is 14.9. The van der Waals surface area contributed by atoms with E-state index >= 15 is 0 Å². The molecule has 0 atom stereocenters. The number of rotatable bonds is 3.